The fourth-order valence-corrected chi connectivity index (χ4v) is 2.52. The summed E-state index contributed by atoms with van der Waals surface area (Å²) in [4.78, 5) is 36.5. The van der Waals surface area contributed by atoms with Crippen LogP contribution in [0.3, 0.4) is 0 Å². The van der Waals surface area contributed by atoms with Crippen LogP contribution in [-0.4, -0.2) is 55.5 Å². The number of ether oxygens (including phenoxy) is 3. The first kappa shape index (κ1) is 25.0. The zero-order valence-corrected chi connectivity index (χ0v) is 18.2. The Morgan fingerprint density at radius 1 is 1.00 bits per heavy atom. The van der Waals surface area contributed by atoms with Crippen molar-refractivity contribution in [1.29, 1.82) is 0 Å². The number of nitrogens with one attached hydrogen (secondary N) is 1. The summed E-state index contributed by atoms with van der Waals surface area (Å²) in [6.07, 6.45) is 0. The lowest BCUT2D eigenvalue weighted by Crippen LogP contribution is -2.14. The van der Waals surface area contributed by atoms with E-state index >= 15 is 0 Å². The second-order valence-corrected chi connectivity index (χ2v) is 6.40. The number of allylic oxidation sites excluding steroid dienone is 1. The number of aliphatic hydroxyl groups is 2. The third-order valence-electron chi connectivity index (χ3n) is 4.11. The first-order valence-corrected chi connectivity index (χ1v) is 9.58. The van der Waals surface area contributed by atoms with Crippen LogP contribution in [0.2, 0.25) is 0 Å². The molecule has 174 valence electrons. The van der Waals surface area contributed by atoms with E-state index in [-0.39, 0.29) is 30.0 Å². The molecule has 33 heavy (non-hydrogen) atoms. The van der Waals surface area contributed by atoms with Crippen LogP contribution >= 0.6 is 0 Å². The van der Waals surface area contributed by atoms with Crippen LogP contribution in [0.1, 0.15) is 27.6 Å². The summed E-state index contributed by atoms with van der Waals surface area (Å²) in [7, 11) is 2.37. The molecule has 2 rings (SSSR count). The van der Waals surface area contributed by atoms with E-state index in [1.807, 2.05) is 0 Å². The molecule has 3 N–H and O–H groups in total. The molecule has 0 spiro atoms. The van der Waals surface area contributed by atoms with Crippen LogP contribution in [-0.2, 0) is 14.3 Å². The maximum absolute atomic E-state index is 12.6. The molecule has 0 aliphatic heterocycles. The largest absolute Gasteiger partial charge is 0.510 e. The second-order valence-electron chi connectivity index (χ2n) is 6.40. The first-order valence-electron chi connectivity index (χ1n) is 9.58. The summed E-state index contributed by atoms with van der Waals surface area (Å²) in [6.45, 7) is 1.24. The number of amides is 1. The SMILES string of the molecule is COC(=O)c1ccc(C(=O)OC)c(N=NC(C(=O)Nc2ccc(OCCO)cc2)=C(C)O)c1. The number of esters is 2. The zero-order chi connectivity index (χ0) is 24.4. The number of carbonyl (C=O) groups is 3. The Balaban J connectivity index is 2.29. The number of carbonyl (C=O) groups excluding carboxylic acids is 3. The summed E-state index contributed by atoms with van der Waals surface area (Å²) < 4.78 is 14.6. The van der Waals surface area contributed by atoms with Gasteiger partial charge in [0.15, 0.2) is 5.70 Å². The molecule has 0 aliphatic rings. The van der Waals surface area contributed by atoms with Gasteiger partial charge in [0.2, 0.25) is 0 Å². The highest BCUT2D eigenvalue weighted by atomic mass is 16.5. The van der Waals surface area contributed by atoms with Crippen LogP contribution < -0.4 is 10.1 Å². The van der Waals surface area contributed by atoms with Crippen molar-refractivity contribution >= 4 is 29.2 Å². The smallest absolute Gasteiger partial charge is 0.340 e. The van der Waals surface area contributed by atoms with Gasteiger partial charge in [0, 0.05) is 5.69 Å². The molecular formula is C22H23N3O8. The van der Waals surface area contributed by atoms with Gasteiger partial charge in [-0.3, -0.25) is 4.79 Å². The zero-order valence-electron chi connectivity index (χ0n) is 18.2. The standard InChI is InChI=1S/C22H23N3O8/c1-13(27)19(20(28)23-15-5-7-16(8-6-15)33-11-10-26)25-24-18-12-14(21(29)31-2)4-9-17(18)22(30)32-3/h4-9,12,26-27H,10-11H2,1-3H3,(H,23,28). The monoisotopic (exact) mass is 457 g/mol. The summed E-state index contributed by atoms with van der Waals surface area (Å²) in [5, 5.41) is 28.9. The fraction of sp³-hybridized carbons (Fsp3) is 0.227. The Morgan fingerprint density at radius 3 is 2.24 bits per heavy atom. The molecule has 0 saturated heterocycles. The van der Waals surface area contributed by atoms with Gasteiger partial charge in [-0.15, -0.1) is 10.2 Å². The number of hydrogen-bond donors (Lipinski definition) is 3. The lowest BCUT2D eigenvalue weighted by atomic mass is 10.1. The van der Waals surface area contributed by atoms with E-state index in [0.717, 1.165) is 0 Å². The summed E-state index contributed by atoms with van der Waals surface area (Å²) in [6, 6.07) is 10.2. The molecule has 0 unspecified atom stereocenters. The van der Waals surface area contributed by atoms with Crippen molar-refractivity contribution in [2.75, 3.05) is 32.8 Å². The predicted molar refractivity (Wildman–Crippen MR) is 117 cm³/mol. The van der Waals surface area contributed by atoms with Crippen molar-refractivity contribution < 1.29 is 38.8 Å². The van der Waals surface area contributed by atoms with Crippen LogP contribution in [0, 0.1) is 0 Å². The molecule has 11 heteroatoms. The average molecular weight is 457 g/mol. The van der Waals surface area contributed by atoms with Gasteiger partial charge in [-0.05, 0) is 49.4 Å². The maximum Gasteiger partial charge on any atom is 0.340 e. The molecule has 0 fully saturated rings. The number of anilines is 1. The van der Waals surface area contributed by atoms with Gasteiger partial charge in [-0.25, -0.2) is 9.59 Å². The number of azo groups is 1. The number of aliphatic hydroxyl groups excluding tert-OH is 2. The number of rotatable bonds is 9. The first-order chi connectivity index (χ1) is 15.8. The number of nitrogens with zero attached hydrogens (tertiary/aromatic N) is 2. The van der Waals surface area contributed by atoms with Gasteiger partial charge in [0.25, 0.3) is 5.91 Å². The van der Waals surface area contributed by atoms with Gasteiger partial charge in [0.05, 0.1) is 32.0 Å². The number of methoxy groups -OCH3 is 2. The van der Waals surface area contributed by atoms with Gasteiger partial charge in [-0.2, -0.15) is 0 Å². The van der Waals surface area contributed by atoms with Gasteiger partial charge in [-0.1, -0.05) is 0 Å². The highest BCUT2D eigenvalue weighted by Crippen LogP contribution is 2.25. The normalized spacial score (nSPS) is 11.5. The molecule has 1 amide bonds. The minimum Gasteiger partial charge on any atom is -0.510 e. The summed E-state index contributed by atoms with van der Waals surface area (Å²) in [5.74, 6) is -2.10. The fourth-order valence-electron chi connectivity index (χ4n) is 2.52. The Morgan fingerprint density at radius 2 is 1.67 bits per heavy atom. The average Bonchev–Trinajstić information content (AvgIpc) is 2.82. The summed E-state index contributed by atoms with van der Waals surface area (Å²) in [5.41, 5.74) is -0.0224. The van der Waals surface area contributed by atoms with Crippen LogP contribution in [0.15, 0.2) is 64.1 Å². The maximum atomic E-state index is 12.6. The molecule has 0 saturated carbocycles. The van der Waals surface area contributed by atoms with Crippen LogP contribution in [0.4, 0.5) is 11.4 Å². The van der Waals surface area contributed by atoms with Gasteiger partial charge < -0.3 is 29.7 Å². The van der Waals surface area contributed by atoms with Crippen molar-refractivity contribution in [1.82, 2.24) is 0 Å². The third kappa shape index (κ3) is 6.87. The van der Waals surface area contributed by atoms with Crippen molar-refractivity contribution in [3.05, 3.63) is 65.0 Å². The van der Waals surface area contributed by atoms with Gasteiger partial charge in [0.1, 0.15) is 23.8 Å². The number of hydrogen-bond acceptors (Lipinski definition) is 10. The van der Waals surface area contributed by atoms with Crippen LogP contribution in [0.5, 0.6) is 5.75 Å². The minimum absolute atomic E-state index is 0.0114. The molecule has 11 nitrogen and oxygen atoms in total. The lowest BCUT2D eigenvalue weighted by molar-refractivity contribution is -0.113. The van der Waals surface area contributed by atoms with E-state index in [9.17, 15) is 19.5 Å². The molecule has 0 heterocycles. The van der Waals surface area contributed by atoms with E-state index in [0.29, 0.717) is 11.4 Å². The molecule has 2 aromatic rings. The molecule has 0 bridgehead atoms. The molecule has 0 aliphatic carbocycles. The topological polar surface area (TPSA) is 156 Å². The molecule has 0 aromatic heterocycles. The van der Waals surface area contributed by atoms with Crippen LogP contribution in [0.25, 0.3) is 0 Å². The van der Waals surface area contributed by atoms with Crippen molar-refractivity contribution in [3.63, 3.8) is 0 Å². The van der Waals surface area contributed by atoms with E-state index in [1.165, 1.54) is 39.3 Å². The van der Waals surface area contributed by atoms with E-state index < -0.39 is 29.3 Å². The molecule has 0 radical (unpaired) electrons. The third-order valence-corrected chi connectivity index (χ3v) is 4.11. The van der Waals surface area contributed by atoms with Gasteiger partial charge >= 0.3 is 11.9 Å². The predicted octanol–water partition coefficient (Wildman–Crippen LogP) is 3.14. The molecule has 0 atom stereocenters. The quantitative estimate of drug-likeness (QED) is 0.224. The van der Waals surface area contributed by atoms with E-state index in [1.54, 1.807) is 24.3 Å². The van der Waals surface area contributed by atoms with Crippen molar-refractivity contribution in [2.24, 2.45) is 10.2 Å². The Labute approximate surface area is 189 Å². The minimum atomic E-state index is -0.772. The van der Waals surface area contributed by atoms with Crippen molar-refractivity contribution in [2.45, 2.75) is 6.92 Å². The van der Waals surface area contributed by atoms with Crippen molar-refractivity contribution in [3.8, 4) is 5.75 Å². The Hall–Kier alpha value is -4.25. The highest BCUT2D eigenvalue weighted by molar-refractivity contribution is 6.03. The Bertz CT molecular complexity index is 1070. The Kier molecular flexibility index (Phi) is 9.06. The summed E-state index contributed by atoms with van der Waals surface area (Å²) >= 11 is 0. The number of benzene rings is 2. The molecule has 2 aromatic carbocycles. The van der Waals surface area contributed by atoms with E-state index in [4.69, 9.17) is 14.6 Å². The highest BCUT2D eigenvalue weighted by Gasteiger charge is 2.18. The van der Waals surface area contributed by atoms with E-state index in [2.05, 4.69) is 20.3 Å². The molecular weight excluding hydrogens is 434 g/mol. The second kappa shape index (κ2) is 12.0. The lowest BCUT2D eigenvalue weighted by Gasteiger charge is -2.08.